The van der Waals surface area contributed by atoms with Crippen molar-refractivity contribution in [1.29, 1.82) is 0 Å². The number of hydrogen-bond acceptors (Lipinski definition) is 7. The fraction of sp³-hybridized carbons (Fsp3) is 0.435. The second kappa shape index (κ2) is 7.97. The van der Waals surface area contributed by atoms with Crippen LogP contribution in [-0.4, -0.2) is 54.5 Å². The van der Waals surface area contributed by atoms with Crippen molar-refractivity contribution in [2.75, 3.05) is 7.11 Å². The Balaban J connectivity index is 2.19. The Labute approximate surface area is 187 Å². The molecule has 1 aromatic carbocycles. The third kappa shape index (κ3) is 3.40. The topological polar surface area (TPSA) is 107 Å². The average Bonchev–Trinajstić information content (AvgIpc) is 2.74. The van der Waals surface area contributed by atoms with Crippen LogP contribution < -0.4 is 0 Å². The first-order valence-corrected chi connectivity index (χ1v) is 11.7. The van der Waals surface area contributed by atoms with Crippen LogP contribution in [0.3, 0.4) is 0 Å². The number of rotatable bonds is 6. The highest BCUT2D eigenvalue weighted by Gasteiger charge is 2.72. The van der Waals surface area contributed by atoms with Crippen molar-refractivity contribution in [3.8, 4) is 0 Å². The van der Waals surface area contributed by atoms with Crippen LogP contribution in [0.5, 0.6) is 0 Å². The quantitative estimate of drug-likeness (QED) is 0.364. The molecule has 1 aromatic rings. The van der Waals surface area contributed by atoms with Crippen molar-refractivity contribution in [2.24, 2.45) is 5.41 Å². The monoisotopic (exact) mass is 461 g/mol. The molecule has 0 radical (unpaired) electrons. The number of hydrogen-bond donors (Lipinski definition) is 0. The van der Waals surface area contributed by atoms with Gasteiger partial charge in [0.05, 0.1) is 11.3 Å². The Bertz CT molecular complexity index is 1110. The predicted molar refractivity (Wildman–Crippen MR) is 117 cm³/mol. The second-order valence-corrected chi connectivity index (χ2v) is 11.0. The Morgan fingerprint density at radius 2 is 1.81 bits per heavy atom. The lowest BCUT2D eigenvalue weighted by Gasteiger charge is -2.57. The number of sulfone groups is 1. The number of ether oxygens (including phenoxy) is 2. The normalized spacial score (nSPS) is 26.8. The molecule has 3 rings (SSSR count). The Morgan fingerprint density at radius 3 is 2.31 bits per heavy atom. The molecular weight excluding hydrogens is 434 g/mol. The van der Waals surface area contributed by atoms with Crippen molar-refractivity contribution in [3.63, 3.8) is 0 Å². The zero-order valence-corrected chi connectivity index (χ0v) is 19.6. The molecule has 1 saturated heterocycles. The van der Waals surface area contributed by atoms with E-state index in [1.807, 2.05) is 0 Å². The smallest absolute Gasteiger partial charge is 0.339 e. The fourth-order valence-electron chi connectivity index (χ4n) is 4.07. The molecule has 0 aromatic heterocycles. The molecule has 9 heteroatoms. The number of methoxy groups -OCH3 is 1. The van der Waals surface area contributed by atoms with Crippen LogP contribution in [0.25, 0.3) is 0 Å². The van der Waals surface area contributed by atoms with Crippen LogP contribution in [0.1, 0.15) is 44.5 Å². The molecule has 0 spiro atoms. The van der Waals surface area contributed by atoms with Gasteiger partial charge in [0.1, 0.15) is 0 Å². The van der Waals surface area contributed by atoms with Crippen LogP contribution in [0, 0.1) is 5.41 Å². The summed E-state index contributed by atoms with van der Waals surface area (Å²) < 4.78 is 38.1. The van der Waals surface area contributed by atoms with E-state index >= 15 is 0 Å². The van der Waals surface area contributed by atoms with E-state index in [0.717, 1.165) is 4.90 Å². The van der Waals surface area contributed by atoms with Gasteiger partial charge in [-0.2, -0.15) is 0 Å². The van der Waals surface area contributed by atoms with E-state index in [1.165, 1.54) is 32.2 Å². The van der Waals surface area contributed by atoms with E-state index in [-0.39, 0.29) is 23.3 Å². The van der Waals surface area contributed by atoms with Crippen LogP contribution in [-0.2, 0) is 28.9 Å². The van der Waals surface area contributed by atoms with Gasteiger partial charge in [0.25, 0.3) is 5.91 Å². The molecule has 0 aliphatic carbocycles. The van der Waals surface area contributed by atoms with Gasteiger partial charge < -0.3 is 9.47 Å². The number of benzene rings is 1. The highest BCUT2D eigenvalue weighted by atomic mass is 32.2. The molecule has 0 N–H and O–H groups in total. The zero-order chi connectivity index (χ0) is 24.1. The number of amides is 1. The van der Waals surface area contributed by atoms with Gasteiger partial charge in [-0.3, -0.25) is 14.5 Å². The summed E-state index contributed by atoms with van der Waals surface area (Å²) in [6.45, 7) is 9.98. The maximum absolute atomic E-state index is 13.6. The van der Waals surface area contributed by atoms with Gasteiger partial charge in [-0.15, -0.1) is 6.58 Å². The summed E-state index contributed by atoms with van der Waals surface area (Å²) in [5, 5.41) is -1.52. The highest BCUT2D eigenvalue weighted by molar-refractivity contribution is 7.93. The Kier molecular flexibility index (Phi) is 5.95. The fourth-order valence-corrected chi connectivity index (χ4v) is 6.45. The molecule has 3 atom stereocenters. The molecule has 1 amide bonds. The second-order valence-electron chi connectivity index (χ2n) is 8.92. The van der Waals surface area contributed by atoms with Gasteiger partial charge in [-0.1, -0.05) is 45.0 Å². The average molecular weight is 462 g/mol. The summed E-state index contributed by atoms with van der Waals surface area (Å²) in [5.74, 6) is -1.94. The summed E-state index contributed by atoms with van der Waals surface area (Å²) in [6.07, 6.45) is 1.30. The van der Waals surface area contributed by atoms with Gasteiger partial charge in [0.2, 0.25) is 15.3 Å². The number of Topliss-reactive ketones (excluding diaryl/α,β-unsaturated/α-hetero) is 1. The third-order valence-corrected chi connectivity index (χ3v) is 7.98. The summed E-state index contributed by atoms with van der Waals surface area (Å²) in [4.78, 5) is 40.1. The van der Waals surface area contributed by atoms with Gasteiger partial charge >= 0.3 is 5.97 Å². The Hall–Kier alpha value is -2.78. The van der Waals surface area contributed by atoms with Crippen molar-refractivity contribution in [3.05, 3.63) is 59.8 Å². The minimum absolute atomic E-state index is 0.0119. The molecule has 2 heterocycles. The molecular formula is C23H27NO7S. The van der Waals surface area contributed by atoms with E-state index in [1.54, 1.807) is 39.0 Å². The summed E-state index contributed by atoms with van der Waals surface area (Å²) in [6, 6.07) is 7.94. The standard InChI is InChI=1S/C23H27NO7S/c1-7-13-23(30-6)20(27)24-16(17(25)22(3,4)5)14(2)19(32(28,29)21(23)24)31-18(26)15-11-9-8-10-12-15/h7-12,19,21H,1,13H2,2-6H3/t19?,21-,23-/m1/s1. The van der Waals surface area contributed by atoms with Crippen LogP contribution in [0.4, 0.5) is 0 Å². The van der Waals surface area contributed by atoms with Crippen molar-refractivity contribution >= 4 is 27.5 Å². The summed E-state index contributed by atoms with van der Waals surface area (Å²) >= 11 is 0. The molecule has 1 fully saturated rings. The first-order valence-electron chi connectivity index (χ1n) is 10.1. The lowest BCUT2D eigenvalue weighted by Crippen LogP contribution is -2.79. The van der Waals surface area contributed by atoms with E-state index in [0.29, 0.717) is 0 Å². The lowest BCUT2D eigenvalue weighted by molar-refractivity contribution is -0.184. The molecule has 172 valence electrons. The first-order chi connectivity index (χ1) is 14.8. The van der Waals surface area contributed by atoms with E-state index < -0.39 is 49.3 Å². The molecule has 0 bridgehead atoms. The van der Waals surface area contributed by atoms with Crippen molar-refractivity contribution < 1.29 is 32.3 Å². The van der Waals surface area contributed by atoms with Gasteiger partial charge in [-0.25, -0.2) is 13.2 Å². The molecule has 2 aliphatic rings. The first kappa shape index (κ1) is 23.9. The number of carbonyl (C=O) groups excluding carboxylic acids is 3. The maximum Gasteiger partial charge on any atom is 0.339 e. The lowest BCUT2D eigenvalue weighted by atomic mass is 9.81. The predicted octanol–water partition coefficient (Wildman–Crippen LogP) is 2.62. The van der Waals surface area contributed by atoms with E-state index in [2.05, 4.69) is 6.58 Å². The largest absolute Gasteiger partial charge is 0.438 e. The number of carbonyl (C=O) groups is 3. The van der Waals surface area contributed by atoms with E-state index in [4.69, 9.17) is 9.47 Å². The van der Waals surface area contributed by atoms with Crippen molar-refractivity contribution in [1.82, 2.24) is 4.90 Å². The van der Waals surface area contributed by atoms with Gasteiger partial charge in [-0.05, 0) is 19.1 Å². The van der Waals surface area contributed by atoms with E-state index in [9.17, 15) is 22.8 Å². The number of β-lactam (4-membered cyclic amide) rings is 1. The number of nitrogens with zero attached hydrogens (tertiary/aromatic N) is 1. The van der Waals surface area contributed by atoms with Crippen LogP contribution in [0.2, 0.25) is 0 Å². The maximum atomic E-state index is 13.6. The highest BCUT2D eigenvalue weighted by Crippen LogP contribution is 2.50. The molecule has 32 heavy (non-hydrogen) atoms. The number of ketones is 1. The molecule has 1 unspecified atom stereocenters. The van der Waals surface area contributed by atoms with Crippen LogP contribution >= 0.6 is 0 Å². The number of allylic oxidation sites excluding steroid dienone is 1. The molecule has 8 nitrogen and oxygen atoms in total. The summed E-state index contributed by atoms with van der Waals surface area (Å²) in [7, 11) is -3.09. The summed E-state index contributed by atoms with van der Waals surface area (Å²) in [5.41, 5.74) is -4.34. The third-order valence-electron chi connectivity index (χ3n) is 5.72. The van der Waals surface area contributed by atoms with Gasteiger partial charge in [0, 0.05) is 24.5 Å². The van der Waals surface area contributed by atoms with Crippen molar-refractivity contribution in [2.45, 2.75) is 50.5 Å². The Morgan fingerprint density at radius 1 is 1.22 bits per heavy atom. The number of esters is 1. The minimum atomic E-state index is -4.32. The van der Waals surface area contributed by atoms with Gasteiger partial charge in [0.15, 0.2) is 16.8 Å². The SMILES string of the molecule is C=CC[C@@]1(OC)C(=O)N2C(C(=O)C(C)(C)C)=C(C)C(OC(=O)c3ccccc3)S(=O)(=O)[C@@H]21. The minimum Gasteiger partial charge on any atom is -0.438 e. The zero-order valence-electron chi connectivity index (χ0n) is 18.7. The van der Waals surface area contributed by atoms with Crippen LogP contribution in [0.15, 0.2) is 54.3 Å². The molecule has 0 saturated carbocycles. The molecule has 2 aliphatic heterocycles. The number of fused-ring (bicyclic) bond motifs is 1.